The zero-order valence-corrected chi connectivity index (χ0v) is 22.7. The normalized spacial score (nSPS) is 27.3. The lowest BCUT2D eigenvalue weighted by molar-refractivity contribution is 0.000451. The summed E-state index contributed by atoms with van der Waals surface area (Å²) in [5.41, 5.74) is 13.5. The maximum atomic E-state index is 12.1. The molecular weight excluding hydrogens is 498 g/mol. The van der Waals surface area contributed by atoms with Crippen LogP contribution in [0.5, 0.6) is 0 Å². The Kier molecular flexibility index (Phi) is 5.57. The van der Waals surface area contributed by atoms with Gasteiger partial charge >= 0.3 is 0 Å². The summed E-state index contributed by atoms with van der Waals surface area (Å²) in [6, 6.07) is 14.9. The number of hydrogen-bond donors (Lipinski definition) is 2. The van der Waals surface area contributed by atoms with Gasteiger partial charge in [-0.1, -0.05) is 6.07 Å². The van der Waals surface area contributed by atoms with Crippen LogP contribution in [0.2, 0.25) is 0 Å². The minimum absolute atomic E-state index is 0.429. The van der Waals surface area contributed by atoms with Gasteiger partial charge in [-0.3, -0.25) is 25.3 Å². The maximum Gasteiger partial charge on any atom is 0.248 e. The maximum absolute atomic E-state index is 12.1. The first kappa shape index (κ1) is 24.2. The van der Waals surface area contributed by atoms with E-state index >= 15 is 0 Å². The third-order valence-electron chi connectivity index (χ3n) is 10.1. The third kappa shape index (κ3) is 3.80. The quantitative estimate of drug-likeness (QED) is 0.349. The van der Waals surface area contributed by atoms with Crippen LogP contribution in [0.25, 0.3) is 33.4 Å². The zero-order valence-electron chi connectivity index (χ0n) is 22.7. The molecule has 3 aromatic heterocycles. The molecule has 3 unspecified atom stereocenters. The van der Waals surface area contributed by atoms with Crippen molar-refractivity contribution in [2.24, 2.45) is 23.4 Å². The van der Waals surface area contributed by atoms with E-state index < -0.39 is 5.91 Å². The largest absolute Gasteiger partial charge is 0.366 e. The molecule has 0 spiro atoms. The first-order valence-electron chi connectivity index (χ1n) is 14.8. The van der Waals surface area contributed by atoms with Crippen molar-refractivity contribution >= 4 is 16.8 Å². The number of fused-ring (bicyclic) bond motifs is 6. The van der Waals surface area contributed by atoms with Gasteiger partial charge in [-0.2, -0.15) is 5.10 Å². The average molecular weight is 534 g/mol. The number of piperidine rings is 2. The van der Waals surface area contributed by atoms with E-state index in [1.807, 2.05) is 18.3 Å². The lowest BCUT2D eigenvalue weighted by Gasteiger charge is -2.48. The van der Waals surface area contributed by atoms with E-state index in [4.69, 9.17) is 21.7 Å². The minimum atomic E-state index is -0.435. The van der Waals surface area contributed by atoms with Crippen molar-refractivity contribution < 1.29 is 4.79 Å². The fourth-order valence-electron chi connectivity index (χ4n) is 8.27. The van der Waals surface area contributed by atoms with Crippen molar-refractivity contribution in [2.75, 3.05) is 6.54 Å². The Morgan fingerprint density at radius 2 is 1.90 bits per heavy atom. The van der Waals surface area contributed by atoms with Crippen molar-refractivity contribution in [3.8, 4) is 22.5 Å². The first-order chi connectivity index (χ1) is 19.5. The molecule has 204 valence electrons. The van der Waals surface area contributed by atoms with E-state index in [-0.39, 0.29) is 0 Å². The number of amides is 1. The molecule has 1 amide bonds. The van der Waals surface area contributed by atoms with Gasteiger partial charge in [-0.15, -0.1) is 0 Å². The Bertz CT molecular complexity index is 1640. The Labute approximate surface area is 233 Å². The minimum Gasteiger partial charge on any atom is -0.366 e. The molecule has 1 aromatic carbocycles. The molecule has 4 aromatic rings. The third-order valence-corrected chi connectivity index (χ3v) is 10.1. The molecule has 4 N–H and O–H groups in total. The van der Waals surface area contributed by atoms with Gasteiger partial charge in [-0.05, 0) is 105 Å². The second-order valence-corrected chi connectivity index (χ2v) is 12.4. The second kappa shape index (κ2) is 9.21. The number of carbonyl (C=O) groups is 1. The predicted molar refractivity (Wildman–Crippen MR) is 154 cm³/mol. The van der Waals surface area contributed by atoms with Crippen LogP contribution >= 0.6 is 0 Å². The standard InChI is InChI=1S/C32H35N7O/c33-32(40)20-7-10-26-25(16-20)24(12-13-35-26)29-30(37-39-23-8-5-19(6-9-23)31(29)39)27-3-1-2-22(36-27)15-21-14-18-4-11-28(21)38(34)17-18/h1-3,7,10,12-13,16,18-19,21,23,28H,4-6,8-9,11,14-15,17,34H2,(H2,33,40). The Hall–Kier alpha value is -3.62. The van der Waals surface area contributed by atoms with Crippen LogP contribution in [-0.4, -0.2) is 43.3 Å². The number of nitrogens with two attached hydrogens (primary N) is 2. The van der Waals surface area contributed by atoms with E-state index in [1.54, 1.807) is 6.07 Å². The van der Waals surface area contributed by atoms with Gasteiger partial charge in [0.25, 0.3) is 0 Å². The zero-order chi connectivity index (χ0) is 27.0. The highest BCUT2D eigenvalue weighted by Crippen LogP contribution is 2.51. The van der Waals surface area contributed by atoms with Crippen molar-refractivity contribution in [3.05, 3.63) is 65.6 Å². The van der Waals surface area contributed by atoms with Gasteiger partial charge in [-0.25, -0.2) is 5.01 Å². The second-order valence-electron chi connectivity index (χ2n) is 12.4. The first-order valence-corrected chi connectivity index (χ1v) is 14.8. The number of rotatable bonds is 5. The number of aromatic nitrogens is 4. The number of carbonyl (C=O) groups excluding carboxylic acids is 1. The molecule has 8 nitrogen and oxygen atoms in total. The van der Waals surface area contributed by atoms with Crippen molar-refractivity contribution in [1.82, 2.24) is 24.8 Å². The van der Waals surface area contributed by atoms with Crippen LogP contribution in [0.4, 0.5) is 0 Å². The monoisotopic (exact) mass is 533 g/mol. The number of pyridine rings is 2. The van der Waals surface area contributed by atoms with Gasteiger partial charge in [0.2, 0.25) is 5.91 Å². The van der Waals surface area contributed by atoms with Crippen molar-refractivity contribution in [1.29, 1.82) is 0 Å². The molecule has 10 rings (SSSR count). The molecular formula is C32H35N7O. The van der Waals surface area contributed by atoms with Crippen LogP contribution in [-0.2, 0) is 6.42 Å². The number of nitrogens with zero attached hydrogens (tertiary/aromatic N) is 5. The fourth-order valence-corrected chi connectivity index (χ4v) is 8.27. The molecule has 4 fully saturated rings. The Morgan fingerprint density at radius 1 is 1.02 bits per heavy atom. The Morgan fingerprint density at radius 3 is 2.70 bits per heavy atom. The lowest BCUT2D eigenvalue weighted by atomic mass is 9.72. The molecule has 8 heteroatoms. The Balaban J connectivity index is 1.27. The molecule has 2 saturated heterocycles. The van der Waals surface area contributed by atoms with Gasteiger partial charge in [0.15, 0.2) is 0 Å². The number of hydrazine groups is 1. The smallest absolute Gasteiger partial charge is 0.248 e. The van der Waals surface area contributed by atoms with E-state index in [0.717, 1.165) is 52.1 Å². The predicted octanol–water partition coefficient (Wildman–Crippen LogP) is 4.99. The SMILES string of the molecule is NC(=O)c1ccc2nccc(-c3c(-c4cccc(CC5CC6CCC5N(N)C6)n4)nn4c3C3CCC4CC3)c2c1. The molecule has 6 aliphatic rings. The highest BCUT2D eigenvalue weighted by molar-refractivity contribution is 6.03. The fraction of sp³-hybridized carbons (Fsp3) is 0.438. The molecule has 2 aliphatic carbocycles. The summed E-state index contributed by atoms with van der Waals surface area (Å²) in [4.78, 5) is 22.0. The van der Waals surface area contributed by atoms with E-state index in [9.17, 15) is 4.79 Å². The van der Waals surface area contributed by atoms with Crippen LogP contribution in [0, 0.1) is 11.8 Å². The highest BCUT2D eigenvalue weighted by Gasteiger charge is 2.40. The molecule has 2 saturated carbocycles. The molecule has 0 radical (unpaired) electrons. The molecule has 7 heterocycles. The molecule has 3 atom stereocenters. The molecule has 40 heavy (non-hydrogen) atoms. The van der Waals surface area contributed by atoms with E-state index in [2.05, 4.69) is 38.9 Å². The van der Waals surface area contributed by atoms with Crippen LogP contribution < -0.4 is 11.6 Å². The van der Waals surface area contributed by atoms with Crippen LogP contribution in [0.1, 0.15) is 78.7 Å². The lowest BCUT2D eigenvalue weighted by Crippen LogP contribution is -2.56. The summed E-state index contributed by atoms with van der Waals surface area (Å²) >= 11 is 0. The van der Waals surface area contributed by atoms with Gasteiger partial charge in [0, 0.05) is 46.9 Å². The van der Waals surface area contributed by atoms with E-state index in [1.165, 1.54) is 50.6 Å². The van der Waals surface area contributed by atoms with Gasteiger partial charge in [0.05, 0.1) is 22.9 Å². The van der Waals surface area contributed by atoms with Crippen molar-refractivity contribution in [3.63, 3.8) is 0 Å². The summed E-state index contributed by atoms with van der Waals surface area (Å²) in [6.45, 7) is 1.03. The molecule has 4 aliphatic heterocycles. The van der Waals surface area contributed by atoms with Crippen LogP contribution in [0.3, 0.4) is 0 Å². The summed E-state index contributed by atoms with van der Waals surface area (Å²) < 4.78 is 2.30. The van der Waals surface area contributed by atoms with Crippen LogP contribution in [0.15, 0.2) is 48.7 Å². The summed E-state index contributed by atoms with van der Waals surface area (Å²) in [7, 11) is 0. The van der Waals surface area contributed by atoms with Gasteiger partial charge in [0.1, 0.15) is 5.69 Å². The number of benzene rings is 1. The summed E-state index contributed by atoms with van der Waals surface area (Å²) in [5, 5.41) is 8.30. The van der Waals surface area contributed by atoms with E-state index in [0.29, 0.717) is 35.4 Å². The molecule has 4 bridgehead atoms. The number of primary amides is 1. The average Bonchev–Trinajstić information content (AvgIpc) is 3.40. The van der Waals surface area contributed by atoms with Gasteiger partial charge < -0.3 is 5.73 Å². The summed E-state index contributed by atoms with van der Waals surface area (Å²) in [6.07, 6.45) is 11.2. The summed E-state index contributed by atoms with van der Waals surface area (Å²) in [5.74, 6) is 7.68. The number of hydrogen-bond acceptors (Lipinski definition) is 6. The van der Waals surface area contributed by atoms with Crippen molar-refractivity contribution in [2.45, 2.75) is 69.4 Å². The topological polar surface area (TPSA) is 116 Å². The highest BCUT2D eigenvalue weighted by atomic mass is 16.1.